The Balaban J connectivity index is 2.35. The largest absolute Gasteiger partial charge is 0.325 e. The summed E-state index contributed by atoms with van der Waals surface area (Å²) in [5, 5.41) is 3.60. The molecular weight excluding hydrogens is 266 g/mol. The summed E-state index contributed by atoms with van der Waals surface area (Å²) in [5.74, 6) is 2.28. The third-order valence-electron chi connectivity index (χ3n) is 2.54. The maximum Gasteiger partial charge on any atom is 0.234 e. The second-order valence-electron chi connectivity index (χ2n) is 4.74. The summed E-state index contributed by atoms with van der Waals surface area (Å²) in [6.07, 6.45) is 1.15. The lowest BCUT2D eigenvalue weighted by molar-refractivity contribution is -0.113. The van der Waals surface area contributed by atoms with Crippen LogP contribution >= 0.6 is 23.4 Å². The molecule has 0 saturated carbocycles. The average Bonchev–Trinajstić information content (AvgIpc) is 2.28. The third kappa shape index (κ3) is 5.78. The summed E-state index contributed by atoms with van der Waals surface area (Å²) in [6, 6.07) is 5.48. The van der Waals surface area contributed by atoms with E-state index in [1.54, 1.807) is 17.8 Å². The van der Waals surface area contributed by atoms with Gasteiger partial charge in [-0.3, -0.25) is 4.79 Å². The molecule has 1 amide bonds. The third-order valence-corrected chi connectivity index (χ3v) is 3.76. The highest BCUT2D eigenvalue weighted by Gasteiger charge is 2.05. The van der Waals surface area contributed by atoms with Crippen LogP contribution in [0.25, 0.3) is 0 Å². The summed E-state index contributed by atoms with van der Waals surface area (Å²) >= 11 is 7.55. The molecule has 0 atom stereocenters. The molecule has 0 saturated heterocycles. The van der Waals surface area contributed by atoms with Crippen LogP contribution in [0.1, 0.15) is 25.8 Å². The minimum atomic E-state index is 0.0502. The zero-order valence-corrected chi connectivity index (χ0v) is 12.7. The second kappa shape index (κ2) is 7.70. The smallest absolute Gasteiger partial charge is 0.234 e. The first-order valence-corrected chi connectivity index (χ1v) is 7.66. The molecule has 0 aliphatic rings. The summed E-state index contributed by atoms with van der Waals surface area (Å²) in [7, 11) is 0. The number of halogens is 1. The number of rotatable bonds is 6. The molecule has 1 rings (SSSR count). The van der Waals surface area contributed by atoms with Gasteiger partial charge in [-0.25, -0.2) is 0 Å². The van der Waals surface area contributed by atoms with Gasteiger partial charge in [0, 0.05) is 10.7 Å². The lowest BCUT2D eigenvalue weighted by Crippen LogP contribution is -2.15. The van der Waals surface area contributed by atoms with Crippen molar-refractivity contribution in [1.82, 2.24) is 0 Å². The molecule has 0 radical (unpaired) electrons. The molecule has 4 heteroatoms. The Labute approximate surface area is 118 Å². The van der Waals surface area contributed by atoms with E-state index >= 15 is 0 Å². The van der Waals surface area contributed by atoms with E-state index in [4.69, 9.17) is 11.6 Å². The van der Waals surface area contributed by atoms with Crippen LogP contribution in [-0.2, 0) is 4.79 Å². The van der Waals surface area contributed by atoms with Crippen LogP contribution in [0.2, 0.25) is 5.02 Å². The first-order chi connectivity index (χ1) is 8.49. The predicted molar refractivity (Wildman–Crippen MR) is 81.6 cm³/mol. The maximum absolute atomic E-state index is 11.7. The Morgan fingerprint density at radius 1 is 1.44 bits per heavy atom. The monoisotopic (exact) mass is 285 g/mol. The Bertz CT molecular complexity index is 407. The van der Waals surface area contributed by atoms with E-state index in [9.17, 15) is 4.79 Å². The highest BCUT2D eigenvalue weighted by atomic mass is 35.5. The number of amides is 1. The molecule has 0 unspecified atom stereocenters. The Hall–Kier alpha value is -0.670. The first kappa shape index (κ1) is 15.4. The van der Waals surface area contributed by atoms with Crippen molar-refractivity contribution in [3.63, 3.8) is 0 Å². The number of benzene rings is 1. The topological polar surface area (TPSA) is 29.1 Å². The molecule has 0 aliphatic heterocycles. The molecule has 18 heavy (non-hydrogen) atoms. The van der Waals surface area contributed by atoms with Gasteiger partial charge in [-0.05, 0) is 48.8 Å². The van der Waals surface area contributed by atoms with E-state index in [1.807, 2.05) is 19.1 Å². The van der Waals surface area contributed by atoms with Gasteiger partial charge in [-0.1, -0.05) is 25.4 Å². The normalized spacial score (nSPS) is 10.7. The lowest BCUT2D eigenvalue weighted by Gasteiger charge is -2.09. The van der Waals surface area contributed by atoms with E-state index in [2.05, 4.69) is 19.2 Å². The van der Waals surface area contributed by atoms with Crippen LogP contribution in [0.5, 0.6) is 0 Å². The van der Waals surface area contributed by atoms with Gasteiger partial charge in [-0.2, -0.15) is 11.8 Å². The highest BCUT2D eigenvalue weighted by molar-refractivity contribution is 7.99. The van der Waals surface area contributed by atoms with Gasteiger partial charge in [0.2, 0.25) is 5.91 Å². The molecule has 100 valence electrons. The summed E-state index contributed by atoms with van der Waals surface area (Å²) in [6.45, 7) is 6.32. The zero-order valence-electron chi connectivity index (χ0n) is 11.1. The fraction of sp³-hybridized carbons (Fsp3) is 0.500. The second-order valence-corrected chi connectivity index (χ2v) is 6.28. The molecule has 1 aromatic carbocycles. The van der Waals surface area contributed by atoms with E-state index < -0.39 is 0 Å². The SMILES string of the molecule is Cc1cc(Cl)ccc1NC(=O)CSCCC(C)C. The van der Waals surface area contributed by atoms with Crippen molar-refractivity contribution >= 4 is 35.0 Å². The molecule has 0 heterocycles. The van der Waals surface area contributed by atoms with E-state index in [0.29, 0.717) is 16.7 Å². The maximum atomic E-state index is 11.7. The lowest BCUT2D eigenvalue weighted by atomic mass is 10.2. The predicted octanol–water partition coefficient (Wildman–Crippen LogP) is 4.37. The number of thioether (sulfide) groups is 1. The Kier molecular flexibility index (Phi) is 6.58. The fourth-order valence-corrected chi connectivity index (χ4v) is 2.70. The number of nitrogens with one attached hydrogen (secondary N) is 1. The van der Waals surface area contributed by atoms with Gasteiger partial charge in [0.15, 0.2) is 0 Å². The number of hydrogen-bond donors (Lipinski definition) is 1. The average molecular weight is 286 g/mol. The van der Waals surface area contributed by atoms with Gasteiger partial charge in [-0.15, -0.1) is 0 Å². The highest BCUT2D eigenvalue weighted by Crippen LogP contribution is 2.20. The first-order valence-electron chi connectivity index (χ1n) is 6.12. The number of hydrogen-bond acceptors (Lipinski definition) is 2. The van der Waals surface area contributed by atoms with Crippen molar-refractivity contribution in [3.05, 3.63) is 28.8 Å². The van der Waals surface area contributed by atoms with Gasteiger partial charge in [0.25, 0.3) is 0 Å². The molecular formula is C14H20ClNOS. The van der Waals surface area contributed by atoms with E-state index in [0.717, 1.165) is 23.4 Å². The molecule has 0 spiro atoms. The molecule has 1 N–H and O–H groups in total. The van der Waals surface area contributed by atoms with Crippen LogP contribution in [0.15, 0.2) is 18.2 Å². The van der Waals surface area contributed by atoms with Gasteiger partial charge in [0.1, 0.15) is 0 Å². The minimum Gasteiger partial charge on any atom is -0.325 e. The van der Waals surface area contributed by atoms with Crippen molar-refractivity contribution in [2.45, 2.75) is 27.2 Å². The number of aryl methyl sites for hydroxylation is 1. The summed E-state index contributed by atoms with van der Waals surface area (Å²) in [5.41, 5.74) is 1.83. The molecule has 0 bridgehead atoms. The van der Waals surface area contributed by atoms with Crippen LogP contribution < -0.4 is 5.32 Å². The van der Waals surface area contributed by atoms with Crippen molar-refractivity contribution < 1.29 is 4.79 Å². The van der Waals surface area contributed by atoms with Crippen LogP contribution in [0.3, 0.4) is 0 Å². The molecule has 1 aromatic rings. The quantitative estimate of drug-likeness (QED) is 0.787. The fourth-order valence-electron chi connectivity index (χ4n) is 1.44. The Morgan fingerprint density at radius 3 is 2.78 bits per heavy atom. The molecule has 0 fully saturated rings. The van der Waals surface area contributed by atoms with Crippen LogP contribution in [-0.4, -0.2) is 17.4 Å². The Morgan fingerprint density at radius 2 is 2.17 bits per heavy atom. The van der Waals surface area contributed by atoms with Crippen LogP contribution in [0.4, 0.5) is 5.69 Å². The number of anilines is 1. The van der Waals surface area contributed by atoms with Crippen molar-refractivity contribution in [2.75, 3.05) is 16.8 Å². The zero-order chi connectivity index (χ0) is 13.5. The molecule has 2 nitrogen and oxygen atoms in total. The number of carbonyl (C=O) groups is 1. The minimum absolute atomic E-state index is 0.0502. The van der Waals surface area contributed by atoms with E-state index in [1.165, 1.54) is 0 Å². The van der Waals surface area contributed by atoms with E-state index in [-0.39, 0.29) is 5.91 Å². The molecule has 0 aromatic heterocycles. The van der Waals surface area contributed by atoms with Crippen molar-refractivity contribution in [3.8, 4) is 0 Å². The summed E-state index contributed by atoms with van der Waals surface area (Å²) < 4.78 is 0. The van der Waals surface area contributed by atoms with Crippen molar-refractivity contribution in [2.24, 2.45) is 5.92 Å². The summed E-state index contributed by atoms with van der Waals surface area (Å²) in [4.78, 5) is 11.7. The van der Waals surface area contributed by atoms with Gasteiger partial charge >= 0.3 is 0 Å². The van der Waals surface area contributed by atoms with Crippen LogP contribution in [0, 0.1) is 12.8 Å². The van der Waals surface area contributed by atoms with Gasteiger partial charge < -0.3 is 5.32 Å². The van der Waals surface area contributed by atoms with Gasteiger partial charge in [0.05, 0.1) is 5.75 Å². The number of carbonyl (C=O) groups excluding carboxylic acids is 1. The molecule has 0 aliphatic carbocycles. The van der Waals surface area contributed by atoms with Crippen molar-refractivity contribution in [1.29, 1.82) is 0 Å². The standard InChI is InChI=1S/C14H20ClNOS/c1-10(2)6-7-18-9-14(17)16-13-5-4-12(15)8-11(13)3/h4-5,8,10H,6-7,9H2,1-3H3,(H,16,17).